The Morgan fingerprint density at radius 2 is 2.22 bits per heavy atom. The number of carbonyl (C=O) groups is 1. The summed E-state index contributed by atoms with van der Waals surface area (Å²) < 4.78 is 5.30. The van der Waals surface area contributed by atoms with E-state index in [0.717, 1.165) is 13.1 Å². The highest BCUT2D eigenvalue weighted by Gasteiger charge is 2.41. The van der Waals surface area contributed by atoms with Gasteiger partial charge in [0.15, 0.2) is 0 Å². The number of carboxylic acid groups (broad SMARTS) is 1. The highest BCUT2D eigenvalue weighted by atomic mass is 16.5. The molecule has 6 heteroatoms. The second kappa shape index (κ2) is 7.34. The first-order valence-electron chi connectivity index (χ1n) is 7.80. The summed E-state index contributed by atoms with van der Waals surface area (Å²) in [6, 6.07) is 6.32. The van der Waals surface area contributed by atoms with E-state index in [1.807, 2.05) is 11.4 Å². The van der Waals surface area contributed by atoms with Gasteiger partial charge in [-0.25, -0.2) is 0 Å². The maximum atomic E-state index is 9.38. The Bertz CT molecular complexity index is 624. The number of nitrogens with zero attached hydrogens (tertiary/aromatic N) is 1. The summed E-state index contributed by atoms with van der Waals surface area (Å²) in [5.74, 6) is 2.54. The van der Waals surface area contributed by atoms with Crippen LogP contribution in [0.15, 0.2) is 12.1 Å². The van der Waals surface area contributed by atoms with Crippen LogP contribution in [0.3, 0.4) is 0 Å². The Morgan fingerprint density at radius 1 is 1.48 bits per heavy atom. The van der Waals surface area contributed by atoms with Crippen LogP contribution in [-0.4, -0.2) is 32.8 Å². The molecule has 1 aliphatic heterocycles. The number of hydrogen-bond donors (Lipinski definition) is 2. The lowest BCUT2D eigenvalue weighted by Gasteiger charge is -2.12. The molecule has 1 saturated heterocycles. The maximum Gasteiger partial charge on any atom is 0.136 e. The fourth-order valence-corrected chi connectivity index (χ4v) is 3.52. The number of carbonyl (C=O) groups excluding carboxylic acids is 1. The summed E-state index contributed by atoms with van der Waals surface area (Å²) in [4.78, 5) is 9.38. The predicted octanol–water partition coefficient (Wildman–Crippen LogP) is 0.926. The third-order valence-corrected chi connectivity index (χ3v) is 4.64. The van der Waals surface area contributed by atoms with Crippen LogP contribution in [0.25, 0.3) is 0 Å². The molecule has 0 saturated carbocycles. The van der Waals surface area contributed by atoms with Gasteiger partial charge in [0.05, 0.1) is 12.7 Å². The summed E-state index contributed by atoms with van der Waals surface area (Å²) in [6.07, 6.45) is -1.21. The fourth-order valence-electron chi connectivity index (χ4n) is 3.52. The van der Waals surface area contributed by atoms with E-state index in [9.17, 15) is 9.90 Å². The van der Waals surface area contributed by atoms with E-state index >= 15 is 0 Å². The first-order valence-corrected chi connectivity index (χ1v) is 7.80. The van der Waals surface area contributed by atoms with Gasteiger partial charge in [-0.1, -0.05) is 6.92 Å². The molecule has 23 heavy (non-hydrogen) atoms. The lowest BCUT2D eigenvalue weighted by atomic mass is 9.91. The molecule has 0 radical (unpaired) electrons. The van der Waals surface area contributed by atoms with Crippen molar-refractivity contribution in [1.29, 1.82) is 5.26 Å². The van der Waals surface area contributed by atoms with Gasteiger partial charge in [-0.2, -0.15) is 5.26 Å². The zero-order valence-electron chi connectivity index (χ0n) is 13.7. The van der Waals surface area contributed by atoms with Crippen molar-refractivity contribution >= 4 is 6.09 Å². The number of ether oxygens (including phenoxy) is 1. The van der Waals surface area contributed by atoms with Gasteiger partial charge in [0.25, 0.3) is 0 Å². The summed E-state index contributed by atoms with van der Waals surface area (Å²) >= 11 is 0. The Morgan fingerprint density at radius 3 is 2.74 bits per heavy atom. The second-order valence-electron chi connectivity index (χ2n) is 5.83. The van der Waals surface area contributed by atoms with Crippen molar-refractivity contribution < 1.29 is 14.6 Å². The van der Waals surface area contributed by atoms with Gasteiger partial charge in [-0.05, 0) is 48.6 Å². The largest absolute Gasteiger partial charge is 0.530 e. The van der Waals surface area contributed by atoms with Crippen LogP contribution >= 0.6 is 0 Å². The van der Waals surface area contributed by atoms with Gasteiger partial charge in [-0.3, -0.25) is 0 Å². The highest BCUT2D eigenvalue weighted by Crippen LogP contribution is 2.49. The van der Waals surface area contributed by atoms with Crippen LogP contribution in [0.1, 0.15) is 42.4 Å². The monoisotopic (exact) mass is 316 g/mol. The van der Waals surface area contributed by atoms with Gasteiger partial charge in [-0.15, -0.1) is 0 Å². The first kappa shape index (κ1) is 17.1. The standard InChI is InChI=1S/C14H16N2O.C3H7NO2/c1-8-10-3-9(5-15)14(17-2)4-11(10)13-7-16-6-12(8)13;1-2-4-3(5)6/h3-4,8,12-13,16H,6-7H2,1-2H3;4H,2H2,1H3,(H,5,6)/p-1. The van der Waals surface area contributed by atoms with Crippen molar-refractivity contribution in [2.75, 3.05) is 26.7 Å². The Labute approximate surface area is 136 Å². The highest BCUT2D eigenvalue weighted by molar-refractivity contribution is 5.61. The number of methoxy groups -OCH3 is 1. The van der Waals surface area contributed by atoms with Crippen molar-refractivity contribution in [3.63, 3.8) is 0 Å². The summed E-state index contributed by atoms with van der Waals surface area (Å²) in [5, 5.41) is 24.0. The summed E-state index contributed by atoms with van der Waals surface area (Å²) in [7, 11) is 1.63. The van der Waals surface area contributed by atoms with Crippen LogP contribution in [-0.2, 0) is 0 Å². The van der Waals surface area contributed by atoms with Crippen molar-refractivity contribution in [2.45, 2.75) is 25.7 Å². The Balaban J connectivity index is 0.000000277. The number of rotatable bonds is 2. The first-order chi connectivity index (χ1) is 11.0. The van der Waals surface area contributed by atoms with Gasteiger partial charge in [0.2, 0.25) is 0 Å². The van der Waals surface area contributed by atoms with Crippen LogP contribution in [0, 0.1) is 17.2 Å². The van der Waals surface area contributed by atoms with Crippen LogP contribution in [0.4, 0.5) is 4.79 Å². The molecule has 0 aromatic heterocycles. The van der Waals surface area contributed by atoms with E-state index < -0.39 is 6.09 Å². The van der Waals surface area contributed by atoms with Gasteiger partial charge >= 0.3 is 0 Å². The molecule has 3 atom stereocenters. The van der Waals surface area contributed by atoms with E-state index in [2.05, 4.69) is 24.4 Å². The Kier molecular flexibility index (Phi) is 5.45. The number of benzene rings is 1. The van der Waals surface area contributed by atoms with Crippen molar-refractivity contribution in [2.24, 2.45) is 5.92 Å². The molecule has 0 spiro atoms. The topological polar surface area (TPSA) is 97.2 Å². The fraction of sp³-hybridized carbons (Fsp3) is 0.529. The van der Waals surface area contributed by atoms with E-state index in [0.29, 0.717) is 35.6 Å². The number of fused-ring (bicyclic) bond motifs is 3. The minimum absolute atomic E-state index is 0.419. The molecule has 3 rings (SSSR count). The van der Waals surface area contributed by atoms with Crippen LogP contribution in [0.5, 0.6) is 5.75 Å². The van der Waals surface area contributed by atoms with Crippen molar-refractivity contribution in [3.05, 3.63) is 28.8 Å². The van der Waals surface area contributed by atoms with Gasteiger partial charge in [0, 0.05) is 19.0 Å². The van der Waals surface area contributed by atoms with Crippen LogP contribution in [0.2, 0.25) is 0 Å². The third-order valence-electron chi connectivity index (χ3n) is 4.64. The minimum atomic E-state index is -1.21. The summed E-state index contributed by atoms with van der Waals surface area (Å²) in [6.45, 7) is 6.52. The maximum absolute atomic E-state index is 9.38. The van der Waals surface area contributed by atoms with Gasteiger partial charge < -0.3 is 25.3 Å². The Hall–Kier alpha value is -2.26. The molecule has 3 unspecified atom stereocenters. The number of nitrogens with one attached hydrogen (secondary N) is 2. The average Bonchev–Trinajstić information content (AvgIpc) is 3.10. The lowest BCUT2D eigenvalue weighted by Crippen LogP contribution is -2.35. The third kappa shape index (κ3) is 3.40. The molecule has 1 heterocycles. The average molecular weight is 316 g/mol. The zero-order valence-corrected chi connectivity index (χ0v) is 13.7. The molecule has 1 aliphatic carbocycles. The molecule has 1 aromatic carbocycles. The smallest absolute Gasteiger partial charge is 0.136 e. The number of amides is 1. The van der Waals surface area contributed by atoms with E-state index in [1.165, 1.54) is 11.1 Å². The zero-order chi connectivity index (χ0) is 17.0. The molecular formula is C17H22N3O3-. The molecule has 1 fully saturated rings. The van der Waals surface area contributed by atoms with Crippen molar-refractivity contribution in [3.8, 4) is 11.8 Å². The van der Waals surface area contributed by atoms with Crippen LogP contribution < -0.4 is 20.5 Å². The molecule has 6 nitrogen and oxygen atoms in total. The van der Waals surface area contributed by atoms with E-state index in [-0.39, 0.29) is 0 Å². The minimum Gasteiger partial charge on any atom is -0.530 e. The molecule has 1 aromatic rings. The van der Waals surface area contributed by atoms with Crippen molar-refractivity contribution in [1.82, 2.24) is 10.6 Å². The SMILES string of the molecule is CCNC(=O)[O-].COc1cc2c(cc1C#N)C(C)C1CNCC21. The van der Waals surface area contributed by atoms with E-state index in [4.69, 9.17) is 10.00 Å². The van der Waals surface area contributed by atoms with Gasteiger partial charge in [0.1, 0.15) is 17.9 Å². The summed E-state index contributed by atoms with van der Waals surface area (Å²) in [5.41, 5.74) is 3.38. The van der Waals surface area contributed by atoms with E-state index in [1.54, 1.807) is 14.0 Å². The molecule has 124 valence electrons. The molecule has 0 bridgehead atoms. The molecule has 1 amide bonds. The number of hydrogen-bond acceptors (Lipinski definition) is 5. The molecule has 2 aliphatic rings. The normalized spacial score (nSPS) is 23.8. The lowest BCUT2D eigenvalue weighted by molar-refractivity contribution is -0.250. The second-order valence-corrected chi connectivity index (χ2v) is 5.83. The number of nitriles is 1. The molecule has 2 N–H and O–H groups in total. The molecular weight excluding hydrogens is 294 g/mol. The quantitative estimate of drug-likeness (QED) is 0.846. The predicted molar refractivity (Wildman–Crippen MR) is 84.3 cm³/mol.